The fourth-order valence-corrected chi connectivity index (χ4v) is 3.93. The van der Waals surface area contributed by atoms with Crippen molar-refractivity contribution in [2.75, 3.05) is 0 Å². The van der Waals surface area contributed by atoms with Gasteiger partial charge in [-0.2, -0.15) is 0 Å². The van der Waals surface area contributed by atoms with Crippen molar-refractivity contribution in [3.8, 4) is 10.6 Å². The van der Waals surface area contributed by atoms with Crippen LogP contribution in [0.2, 0.25) is 0 Å². The minimum absolute atomic E-state index is 0.189. The Balaban J connectivity index is 1.35. The first-order chi connectivity index (χ1) is 14.1. The van der Waals surface area contributed by atoms with Gasteiger partial charge in [-0.25, -0.2) is 9.37 Å². The Hall–Kier alpha value is -3.16. The fourth-order valence-electron chi connectivity index (χ4n) is 2.79. The number of benzene rings is 3. The van der Waals surface area contributed by atoms with E-state index >= 15 is 0 Å². The molecular weight excluding hydrogens is 405 g/mol. The number of thiocarbonyl (C=S) groups is 1. The van der Waals surface area contributed by atoms with E-state index in [1.165, 1.54) is 24.3 Å². The van der Waals surface area contributed by atoms with Crippen LogP contribution in [0.25, 0.3) is 20.8 Å². The van der Waals surface area contributed by atoms with Gasteiger partial charge in [0.05, 0.1) is 10.2 Å². The number of carbonyl (C=O) groups is 1. The Kier molecular flexibility index (Phi) is 5.59. The molecule has 4 nitrogen and oxygen atoms in total. The first-order valence-corrected chi connectivity index (χ1v) is 10.1. The third kappa shape index (κ3) is 4.64. The van der Waals surface area contributed by atoms with E-state index in [4.69, 9.17) is 12.2 Å². The Bertz CT molecular complexity index is 1160. The van der Waals surface area contributed by atoms with Gasteiger partial charge in [0, 0.05) is 17.7 Å². The third-order valence-corrected chi connectivity index (χ3v) is 5.59. The highest BCUT2D eigenvalue weighted by molar-refractivity contribution is 7.80. The standard InChI is InChI=1S/C22H16FN3OS2/c23-17-5-3-4-16(12-17)20(27)26-22(28)24-13-14-8-10-15(11-9-14)21-25-18-6-1-2-7-19(18)29-21/h1-12H,13H2,(H2,24,26,27,28). The molecule has 29 heavy (non-hydrogen) atoms. The number of carbonyl (C=O) groups excluding carboxylic acids is 1. The van der Waals surface area contributed by atoms with Crippen LogP contribution in [0, 0.1) is 5.82 Å². The maximum atomic E-state index is 13.2. The van der Waals surface area contributed by atoms with E-state index in [1.807, 2.05) is 42.5 Å². The zero-order valence-electron chi connectivity index (χ0n) is 15.2. The number of thiazole rings is 1. The first kappa shape index (κ1) is 19.2. The zero-order chi connectivity index (χ0) is 20.2. The van der Waals surface area contributed by atoms with Crippen LogP contribution in [0.3, 0.4) is 0 Å². The highest BCUT2D eigenvalue weighted by atomic mass is 32.1. The fraction of sp³-hybridized carbons (Fsp3) is 0.0455. The second-order valence-electron chi connectivity index (χ2n) is 6.33. The molecule has 0 saturated carbocycles. The lowest BCUT2D eigenvalue weighted by Gasteiger charge is -2.10. The van der Waals surface area contributed by atoms with Gasteiger partial charge in [-0.3, -0.25) is 10.1 Å². The SMILES string of the molecule is O=C(NC(=S)NCc1ccc(-c2nc3ccccc3s2)cc1)c1cccc(F)c1. The molecule has 7 heteroatoms. The predicted octanol–water partition coefficient (Wildman–Crippen LogP) is 4.91. The van der Waals surface area contributed by atoms with E-state index in [2.05, 4.69) is 21.7 Å². The number of hydrogen-bond acceptors (Lipinski definition) is 4. The average Bonchev–Trinajstić information content (AvgIpc) is 3.17. The Labute approximate surface area is 176 Å². The van der Waals surface area contributed by atoms with Crippen molar-refractivity contribution in [2.24, 2.45) is 0 Å². The summed E-state index contributed by atoms with van der Waals surface area (Å²) in [6.45, 7) is 0.461. The molecule has 4 rings (SSSR count). The molecule has 0 spiro atoms. The largest absolute Gasteiger partial charge is 0.358 e. The number of fused-ring (bicyclic) bond motifs is 1. The summed E-state index contributed by atoms with van der Waals surface area (Å²) in [6, 6.07) is 21.5. The van der Waals surface area contributed by atoms with Crippen molar-refractivity contribution >= 4 is 44.8 Å². The molecule has 0 unspecified atom stereocenters. The van der Waals surface area contributed by atoms with Gasteiger partial charge in [-0.15, -0.1) is 11.3 Å². The van der Waals surface area contributed by atoms with Crippen LogP contribution in [-0.2, 0) is 6.54 Å². The first-order valence-electron chi connectivity index (χ1n) is 8.88. The molecule has 0 aliphatic carbocycles. The number of amides is 1. The molecule has 0 atom stereocenters. The molecule has 0 aliphatic heterocycles. The molecule has 4 aromatic rings. The summed E-state index contributed by atoms with van der Waals surface area (Å²) in [4.78, 5) is 16.7. The van der Waals surface area contributed by atoms with E-state index in [-0.39, 0.29) is 10.7 Å². The highest BCUT2D eigenvalue weighted by Crippen LogP contribution is 2.29. The summed E-state index contributed by atoms with van der Waals surface area (Å²) >= 11 is 6.81. The smallest absolute Gasteiger partial charge is 0.257 e. The Morgan fingerprint density at radius 2 is 1.83 bits per heavy atom. The third-order valence-electron chi connectivity index (χ3n) is 4.26. The molecule has 2 N–H and O–H groups in total. The molecule has 1 amide bonds. The molecule has 0 bridgehead atoms. The lowest BCUT2D eigenvalue weighted by molar-refractivity contribution is 0.0976. The van der Waals surface area contributed by atoms with Crippen LogP contribution in [0.15, 0.2) is 72.8 Å². The molecule has 0 aliphatic rings. The predicted molar refractivity (Wildman–Crippen MR) is 118 cm³/mol. The number of rotatable bonds is 4. The second kappa shape index (κ2) is 8.46. The molecule has 0 fully saturated rings. The maximum absolute atomic E-state index is 13.2. The number of hydrogen-bond donors (Lipinski definition) is 2. The normalized spacial score (nSPS) is 10.7. The van der Waals surface area contributed by atoms with Crippen molar-refractivity contribution in [1.29, 1.82) is 0 Å². The topological polar surface area (TPSA) is 54.0 Å². The van der Waals surface area contributed by atoms with Gasteiger partial charge in [0.25, 0.3) is 5.91 Å². The summed E-state index contributed by atoms with van der Waals surface area (Å²) in [6.07, 6.45) is 0. The van der Waals surface area contributed by atoms with Gasteiger partial charge in [0.15, 0.2) is 5.11 Å². The van der Waals surface area contributed by atoms with E-state index in [1.54, 1.807) is 11.3 Å². The van der Waals surface area contributed by atoms with E-state index in [0.29, 0.717) is 6.54 Å². The van der Waals surface area contributed by atoms with E-state index in [0.717, 1.165) is 26.4 Å². The van der Waals surface area contributed by atoms with Crippen LogP contribution in [-0.4, -0.2) is 16.0 Å². The molecule has 3 aromatic carbocycles. The summed E-state index contributed by atoms with van der Waals surface area (Å²) in [7, 11) is 0. The minimum Gasteiger partial charge on any atom is -0.358 e. The summed E-state index contributed by atoms with van der Waals surface area (Å²) < 4.78 is 14.4. The Morgan fingerprint density at radius 1 is 1.03 bits per heavy atom. The maximum Gasteiger partial charge on any atom is 0.257 e. The monoisotopic (exact) mass is 421 g/mol. The number of nitrogens with zero attached hydrogens (tertiary/aromatic N) is 1. The van der Waals surface area contributed by atoms with Crippen molar-refractivity contribution in [3.63, 3.8) is 0 Å². The van der Waals surface area contributed by atoms with Crippen molar-refractivity contribution < 1.29 is 9.18 Å². The van der Waals surface area contributed by atoms with Gasteiger partial charge in [0.1, 0.15) is 10.8 Å². The minimum atomic E-state index is -0.468. The van der Waals surface area contributed by atoms with Crippen LogP contribution < -0.4 is 10.6 Å². The number of para-hydroxylation sites is 1. The summed E-state index contributed by atoms with van der Waals surface area (Å²) in [5.74, 6) is -0.919. The lowest BCUT2D eigenvalue weighted by atomic mass is 10.1. The van der Waals surface area contributed by atoms with Gasteiger partial charge < -0.3 is 5.32 Å². The number of aromatic nitrogens is 1. The molecule has 144 valence electrons. The molecular formula is C22H16FN3OS2. The molecule has 0 radical (unpaired) electrons. The van der Waals surface area contributed by atoms with Crippen LogP contribution in [0.1, 0.15) is 15.9 Å². The van der Waals surface area contributed by atoms with Gasteiger partial charge in [-0.1, -0.05) is 42.5 Å². The summed E-state index contributed by atoms with van der Waals surface area (Å²) in [5, 5.41) is 6.70. The zero-order valence-corrected chi connectivity index (χ0v) is 16.8. The summed E-state index contributed by atoms with van der Waals surface area (Å²) in [5.41, 5.74) is 3.28. The van der Waals surface area contributed by atoms with Gasteiger partial charge >= 0.3 is 0 Å². The van der Waals surface area contributed by atoms with E-state index < -0.39 is 11.7 Å². The van der Waals surface area contributed by atoms with Crippen LogP contribution in [0.4, 0.5) is 4.39 Å². The molecule has 1 heterocycles. The van der Waals surface area contributed by atoms with Gasteiger partial charge in [-0.05, 0) is 48.1 Å². The van der Waals surface area contributed by atoms with Crippen molar-refractivity contribution in [1.82, 2.24) is 15.6 Å². The second-order valence-corrected chi connectivity index (χ2v) is 7.77. The highest BCUT2D eigenvalue weighted by Gasteiger charge is 2.09. The molecule has 0 saturated heterocycles. The van der Waals surface area contributed by atoms with Crippen LogP contribution in [0.5, 0.6) is 0 Å². The lowest BCUT2D eigenvalue weighted by Crippen LogP contribution is -2.38. The van der Waals surface area contributed by atoms with Crippen molar-refractivity contribution in [2.45, 2.75) is 6.54 Å². The number of nitrogens with one attached hydrogen (secondary N) is 2. The molecule has 1 aromatic heterocycles. The quantitative estimate of drug-likeness (QED) is 0.460. The Morgan fingerprint density at radius 3 is 2.59 bits per heavy atom. The number of halogens is 1. The van der Waals surface area contributed by atoms with Crippen molar-refractivity contribution in [3.05, 3.63) is 89.7 Å². The van der Waals surface area contributed by atoms with Crippen LogP contribution >= 0.6 is 23.6 Å². The average molecular weight is 422 g/mol. The van der Waals surface area contributed by atoms with Gasteiger partial charge in [0.2, 0.25) is 0 Å². The van der Waals surface area contributed by atoms with E-state index in [9.17, 15) is 9.18 Å².